The summed E-state index contributed by atoms with van der Waals surface area (Å²) in [5, 5.41) is 4.86. The third-order valence-electron chi connectivity index (χ3n) is 3.40. The van der Waals surface area contributed by atoms with E-state index in [0.29, 0.717) is 28.8 Å². The molecule has 0 fully saturated rings. The topological polar surface area (TPSA) is 70.4 Å². The summed E-state index contributed by atoms with van der Waals surface area (Å²) in [7, 11) is 1.55. The minimum absolute atomic E-state index is 0.113. The Morgan fingerprint density at radius 1 is 1.26 bits per heavy atom. The van der Waals surface area contributed by atoms with Crippen molar-refractivity contribution in [2.45, 2.75) is 40.5 Å². The molecule has 0 saturated heterocycles. The van der Waals surface area contributed by atoms with Crippen molar-refractivity contribution in [1.29, 1.82) is 0 Å². The van der Waals surface area contributed by atoms with Crippen molar-refractivity contribution in [2.24, 2.45) is 5.41 Å². The van der Waals surface area contributed by atoms with E-state index >= 15 is 0 Å². The molecule has 0 unspecified atom stereocenters. The second kappa shape index (κ2) is 6.40. The van der Waals surface area contributed by atoms with Crippen LogP contribution in [0.25, 0.3) is 10.9 Å². The number of nitrogens with zero attached hydrogens (tertiary/aromatic N) is 2. The Labute approximate surface area is 135 Å². The molecule has 1 aromatic carbocycles. The van der Waals surface area contributed by atoms with E-state index in [-0.39, 0.29) is 12.2 Å². The molecule has 1 aromatic heterocycles. The molecule has 0 aliphatic rings. The third-order valence-corrected chi connectivity index (χ3v) is 3.40. The number of carbonyl (C=O) groups excluding carboxylic acids is 2. The van der Waals surface area contributed by atoms with Crippen LogP contribution in [0.2, 0.25) is 0 Å². The van der Waals surface area contributed by atoms with Crippen molar-refractivity contribution in [3.05, 3.63) is 23.9 Å². The number of methoxy groups -OCH3 is 1. The quantitative estimate of drug-likeness (QED) is 0.793. The van der Waals surface area contributed by atoms with E-state index in [1.807, 2.05) is 27.7 Å². The normalized spacial score (nSPS) is 11.5. The lowest BCUT2D eigenvalue weighted by Crippen LogP contribution is -2.23. The molecule has 2 rings (SSSR count). The monoisotopic (exact) mass is 318 g/mol. The average Bonchev–Trinajstić information content (AvgIpc) is 2.83. The van der Waals surface area contributed by atoms with Gasteiger partial charge in [0.05, 0.1) is 7.11 Å². The van der Waals surface area contributed by atoms with Gasteiger partial charge in [0.2, 0.25) is 0 Å². The molecule has 6 nitrogen and oxygen atoms in total. The summed E-state index contributed by atoms with van der Waals surface area (Å²) >= 11 is 0. The minimum atomic E-state index is -0.584. The van der Waals surface area contributed by atoms with Gasteiger partial charge in [-0.25, -0.2) is 4.79 Å². The lowest BCUT2D eigenvalue weighted by Gasteiger charge is -2.14. The fraction of sp³-hybridized carbons (Fsp3) is 0.471. The molecule has 1 heterocycles. The van der Waals surface area contributed by atoms with Gasteiger partial charge >= 0.3 is 5.97 Å². The van der Waals surface area contributed by atoms with Gasteiger partial charge in [0.15, 0.2) is 5.78 Å². The Morgan fingerprint density at radius 3 is 2.52 bits per heavy atom. The number of hydrogen-bond acceptors (Lipinski definition) is 5. The molecule has 0 bridgehead atoms. The molecule has 0 spiro atoms. The van der Waals surface area contributed by atoms with Crippen molar-refractivity contribution >= 4 is 22.7 Å². The highest BCUT2D eigenvalue weighted by Crippen LogP contribution is 2.28. The zero-order chi connectivity index (χ0) is 17.2. The van der Waals surface area contributed by atoms with Gasteiger partial charge in [-0.2, -0.15) is 0 Å². The summed E-state index contributed by atoms with van der Waals surface area (Å²) < 4.78 is 5.20. The van der Waals surface area contributed by atoms with E-state index in [2.05, 4.69) is 5.10 Å². The van der Waals surface area contributed by atoms with Crippen LogP contribution < -0.4 is 9.57 Å². The lowest BCUT2D eigenvalue weighted by atomic mass is 9.88. The van der Waals surface area contributed by atoms with Crippen LogP contribution in [0.5, 0.6) is 5.75 Å². The first kappa shape index (κ1) is 17.0. The zero-order valence-corrected chi connectivity index (χ0v) is 14.2. The number of carbonyl (C=O) groups is 2. The van der Waals surface area contributed by atoms with E-state index in [1.54, 1.807) is 25.3 Å². The summed E-state index contributed by atoms with van der Waals surface area (Å²) in [5.74, 6) is 0.0902. The Balaban J connectivity index is 2.57. The maximum absolute atomic E-state index is 12.6. The van der Waals surface area contributed by atoms with Crippen molar-refractivity contribution in [3.63, 3.8) is 0 Å². The fourth-order valence-electron chi connectivity index (χ4n) is 2.13. The fourth-order valence-corrected chi connectivity index (χ4v) is 2.13. The predicted octanol–water partition coefficient (Wildman–Crippen LogP) is 3.03. The zero-order valence-electron chi connectivity index (χ0n) is 14.2. The number of Topliss-reactive ketones (excluding diaryl/α,β-unsaturated/α-hetero) is 1. The molecule has 6 heteroatoms. The first-order chi connectivity index (χ1) is 10.8. The standard InChI is InChI=1S/C17H22N2O4/c1-6-7-14(20)23-19-13-10-11(22-5)8-9-12(13)15(18-19)16(21)17(2,3)4/h8-10H,6-7H2,1-5H3. The van der Waals surface area contributed by atoms with Crippen molar-refractivity contribution < 1.29 is 19.2 Å². The van der Waals surface area contributed by atoms with Crippen LogP contribution in [-0.4, -0.2) is 28.8 Å². The van der Waals surface area contributed by atoms with Crippen molar-refractivity contribution in [1.82, 2.24) is 9.94 Å². The molecule has 124 valence electrons. The Morgan fingerprint density at radius 2 is 1.96 bits per heavy atom. The molecular formula is C17H22N2O4. The molecule has 0 aliphatic heterocycles. The van der Waals surface area contributed by atoms with Gasteiger partial charge in [0.1, 0.15) is 17.0 Å². The summed E-state index contributed by atoms with van der Waals surface area (Å²) in [5.41, 5.74) is 0.236. The highest BCUT2D eigenvalue weighted by atomic mass is 16.7. The van der Waals surface area contributed by atoms with Gasteiger partial charge in [0.25, 0.3) is 0 Å². The number of benzene rings is 1. The van der Waals surface area contributed by atoms with E-state index < -0.39 is 11.4 Å². The molecule has 0 aliphatic carbocycles. The van der Waals surface area contributed by atoms with Crippen molar-refractivity contribution in [3.8, 4) is 5.75 Å². The number of aromatic nitrogens is 2. The Kier molecular flexibility index (Phi) is 4.73. The second-order valence-electron chi connectivity index (χ2n) is 6.40. The highest BCUT2D eigenvalue weighted by Gasteiger charge is 2.28. The summed E-state index contributed by atoms with van der Waals surface area (Å²) in [6, 6.07) is 5.20. The Bertz CT molecular complexity index is 741. The minimum Gasteiger partial charge on any atom is -0.497 e. The van der Waals surface area contributed by atoms with Gasteiger partial charge in [-0.05, 0) is 18.6 Å². The van der Waals surface area contributed by atoms with Gasteiger partial charge in [-0.15, -0.1) is 5.10 Å². The largest absolute Gasteiger partial charge is 0.497 e. The van der Waals surface area contributed by atoms with E-state index in [0.717, 1.165) is 4.85 Å². The van der Waals surface area contributed by atoms with Crippen LogP contribution in [-0.2, 0) is 4.79 Å². The molecule has 0 saturated carbocycles. The maximum Gasteiger partial charge on any atom is 0.334 e. The SMILES string of the molecule is CCCC(=O)On1nc(C(=O)C(C)(C)C)c2ccc(OC)cc21. The van der Waals surface area contributed by atoms with Crippen molar-refractivity contribution in [2.75, 3.05) is 7.11 Å². The van der Waals surface area contributed by atoms with Gasteiger partial charge in [-0.1, -0.05) is 32.5 Å². The predicted molar refractivity (Wildman–Crippen MR) is 86.6 cm³/mol. The summed E-state index contributed by atoms with van der Waals surface area (Å²) in [6.45, 7) is 7.37. The first-order valence-corrected chi connectivity index (χ1v) is 7.60. The summed E-state index contributed by atoms with van der Waals surface area (Å²) in [6.07, 6.45) is 0.961. The van der Waals surface area contributed by atoms with Crippen LogP contribution in [0.4, 0.5) is 0 Å². The van der Waals surface area contributed by atoms with Gasteiger partial charge in [0, 0.05) is 23.3 Å². The Hall–Kier alpha value is -2.37. The van der Waals surface area contributed by atoms with E-state index in [1.165, 1.54) is 0 Å². The first-order valence-electron chi connectivity index (χ1n) is 7.60. The van der Waals surface area contributed by atoms with Crippen LogP contribution in [0, 0.1) is 5.41 Å². The lowest BCUT2D eigenvalue weighted by molar-refractivity contribution is -0.145. The van der Waals surface area contributed by atoms with Gasteiger partial charge < -0.3 is 9.57 Å². The molecular weight excluding hydrogens is 296 g/mol. The molecule has 0 radical (unpaired) electrons. The highest BCUT2D eigenvalue weighted by molar-refractivity contribution is 6.08. The second-order valence-corrected chi connectivity index (χ2v) is 6.40. The maximum atomic E-state index is 12.6. The number of ketones is 1. The molecule has 2 aromatic rings. The number of ether oxygens (including phenoxy) is 1. The number of fused-ring (bicyclic) bond motifs is 1. The molecule has 0 N–H and O–H groups in total. The van der Waals surface area contributed by atoms with Crippen LogP contribution in [0.1, 0.15) is 51.0 Å². The van der Waals surface area contributed by atoms with Crippen LogP contribution in [0.15, 0.2) is 18.2 Å². The smallest absolute Gasteiger partial charge is 0.334 e. The molecule has 0 atom stereocenters. The van der Waals surface area contributed by atoms with Crippen LogP contribution in [0.3, 0.4) is 0 Å². The van der Waals surface area contributed by atoms with E-state index in [9.17, 15) is 9.59 Å². The molecule has 0 amide bonds. The number of rotatable bonds is 5. The average molecular weight is 318 g/mol. The van der Waals surface area contributed by atoms with E-state index in [4.69, 9.17) is 9.57 Å². The number of hydrogen-bond donors (Lipinski definition) is 0. The third kappa shape index (κ3) is 3.52. The molecule has 23 heavy (non-hydrogen) atoms. The van der Waals surface area contributed by atoms with Gasteiger partial charge in [-0.3, -0.25) is 4.79 Å². The van der Waals surface area contributed by atoms with Crippen LogP contribution >= 0.6 is 0 Å². The summed E-state index contributed by atoms with van der Waals surface area (Å²) in [4.78, 5) is 30.8.